The molecule has 5 heteroatoms. The zero-order chi connectivity index (χ0) is 14.8. The van der Waals surface area contributed by atoms with E-state index >= 15 is 0 Å². The normalized spacial score (nSPS) is 10.5. The van der Waals surface area contributed by atoms with Gasteiger partial charge in [-0.2, -0.15) is 0 Å². The van der Waals surface area contributed by atoms with E-state index in [0.717, 1.165) is 16.5 Å². The predicted octanol–water partition coefficient (Wildman–Crippen LogP) is 4.07. The quantitative estimate of drug-likeness (QED) is 0.430. The topological polar surface area (TPSA) is 81.2 Å². The second-order valence-electron chi connectivity index (χ2n) is 4.65. The van der Waals surface area contributed by atoms with Gasteiger partial charge in [0.05, 0.1) is 4.92 Å². The Hall–Kier alpha value is -3.08. The molecule has 3 N–H and O–H groups in total. The van der Waals surface area contributed by atoms with Crippen LogP contribution in [0.2, 0.25) is 0 Å². The van der Waals surface area contributed by atoms with Gasteiger partial charge in [0.1, 0.15) is 11.4 Å². The number of nitrogen functional groups attached to an aromatic ring is 1. The molecule has 0 saturated carbocycles. The van der Waals surface area contributed by atoms with Gasteiger partial charge in [-0.05, 0) is 23.6 Å². The van der Waals surface area contributed by atoms with E-state index in [4.69, 9.17) is 5.73 Å². The molecule has 0 aliphatic rings. The second-order valence-corrected chi connectivity index (χ2v) is 4.65. The molecule has 0 aromatic heterocycles. The first-order chi connectivity index (χ1) is 10.2. The third-order valence-corrected chi connectivity index (χ3v) is 3.31. The molecule has 0 radical (unpaired) electrons. The van der Waals surface area contributed by atoms with Gasteiger partial charge in [0.15, 0.2) is 0 Å². The lowest BCUT2D eigenvalue weighted by molar-refractivity contribution is -0.383. The monoisotopic (exact) mass is 279 g/mol. The van der Waals surface area contributed by atoms with Gasteiger partial charge < -0.3 is 11.1 Å². The van der Waals surface area contributed by atoms with Gasteiger partial charge >= 0.3 is 5.69 Å². The first kappa shape index (κ1) is 12.9. The van der Waals surface area contributed by atoms with E-state index in [1.54, 1.807) is 12.1 Å². The molecule has 0 unspecified atom stereocenters. The Bertz CT molecular complexity index is 825. The van der Waals surface area contributed by atoms with Gasteiger partial charge in [0.25, 0.3) is 0 Å². The van der Waals surface area contributed by atoms with Crippen LogP contribution in [0, 0.1) is 10.1 Å². The summed E-state index contributed by atoms with van der Waals surface area (Å²) in [6.07, 6.45) is 0. The smallest absolute Gasteiger partial charge is 0.315 e. The van der Waals surface area contributed by atoms with Gasteiger partial charge in [-0.3, -0.25) is 10.1 Å². The van der Waals surface area contributed by atoms with Gasteiger partial charge in [-0.1, -0.05) is 42.5 Å². The van der Waals surface area contributed by atoms with Crippen molar-refractivity contribution in [2.45, 2.75) is 0 Å². The standard InChI is InChI=1S/C16H13N3O2/c17-13-8-4-10-15(16(13)19(20)21)18-14-9-3-6-11-5-1-2-7-12(11)14/h1-10,18H,17H2. The van der Waals surface area contributed by atoms with Gasteiger partial charge in [0, 0.05) is 11.1 Å². The zero-order valence-electron chi connectivity index (χ0n) is 11.1. The molecule has 0 fully saturated rings. The van der Waals surface area contributed by atoms with Crippen molar-refractivity contribution < 1.29 is 4.92 Å². The second kappa shape index (κ2) is 5.13. The van der Waals surface area contributed by atoms with Crippen LogP contribution in [0.1, 0.15) is 0 Å². The molecule has 0 aliphatic heterocycles. The van der Waals surface area contributed by atoms with Crippen LogP contribution in [0.3, 0.4) is 0 Å². The number of nitrogens with zero attached hydrogens (tertiary/aromatic N) is 1. The van der Waals surface area contributed by atoms with Gasteiger partial charge in [-0.25, -0.2) is 0 Å². The molecule has 3 aromatic carbocycles. The first-order valence-corrected chi connectivity index (χ1v) is 6.44. The summed E-state index contributed by atoms with van der Waals surface area (Å²) < 4.78 is 0. The van der Waals surface area contributed by atoms with E-state index in [1.807, 2.05) is 42.5 Å². The number of benzene rings is 3. The van der Waals surface area contributed by atoms with Crippen LogP contribution in [0.15, 0.2) is 60.7 Å². The molecule has 0 atom stereocenters. The number of nitrogens with one attached hydrogen (secondary N) is 1. The average Bonchev–Trinajstić information content (AvgIpc) is 2.47. The maximum absolute atomic E-state index is 11.2. The van der Waals surface area contributed by atoms with Crippen LogP contribution >= 0.6 is 0 Å². The highest BCUT2D eigenvalue weighted by Crippen LogP contribution is 2.34. The highest BCUT2D eigenvalue weighted by Gasteiger charge is 2.18. The molecule has 21 heavy (non-hydrogen) atoms. The van der Waals surface area contributed by atoms with Gasteiger partial charge in [0.2, 0.25) is 0 Å². The lowest BCUT2D eigenvalue weighted by atomic mass is 10.1. The fourth-order valence-electron chi connectivity index (χ4n) is 2.35. The van der Waals surface area contributed by atoms with Crippen molar-refractivity contribution in [1.82, 2.24) is 0 Å². The minimum Gasteiger partial charge on any atom is -0.393 e. The number of nitro groups is 1. The van der Waals surface area contributed by atoms with Crippen molar-refractivity contribution in [3.63, 3.8) is 0 Å². The van der Waals surface area contributed by atoms with Crippen molar-refractivity contribution in [2.75, 3.05) is 11.1 Å². The molecule has 0 saturated heterocycles. The Labute approximate surface area is 121 Å². The molecule has 0 amide bonds. The largest absolute Gasteiger partial charge is 0.393 e. The molecule has 3 aromatic rings. The highest BCUT2D eigenvalue weighted by atomic mass is 16.6. The number of hydrogen-bond acceptors (Lipinski definition) is 4. The van der Waals surface area contributed by atoms with Crippen LogP contribution in [-0.2, 0) is 0 Å². The fourth-order valence-corrected chi connectivity index (χ4v) is 2.35. The van der Waals surface area contributed by atoms with Crippen LogP contribution in [-0.4, -0.2) is 4.92 Å². The minimum absolute atomic E-state index is 0.106. The zero-order valence-corrected chi connectivity index (χ0v) is 11.1. The number of nitrogens with two attached hydrogens (primary N) is 1. The number of para-hydroxylation sites is 1. The fraction of sp³-hybridized carbons (Fsp3) is 0. The lowest BCUT2D eigenvalue weighted by Gasteiger charge is -2.11. The molecule has 0 bridgehead atoms. The molecule has 5 nitrogen and oxygen atoms in total. The third kappa shape index (κ3) is 2.36. The summed E-state index contributed by atoms with van der Waals surface area (Å²) in [7, 11) is 0. The van der Waals surface area contributed by atoms with E-state index in [1.165, 1.54) is 6.07 Å². The van der Waals surface area contributed by atoms with Crippen molar-refractivity contribution >= 4 is 33.5 Å². The number of anilines is 3. The maximum Gasteiger partial charge on any atom is 0.315 e. The Morgan fingerprint density at radius 3 is 2.38 bits per heavy atom. The summed E-state index contributed by atoms with van der Waals surface area (Å²) >= 11 is 0. The Kier molecular flexibility index (Phi) is 3.16. The van der Waals surface area contributed by atoms with Crippen LogP contribution in [0.25, 0.3) is 10.8 Å². The Morgan fingerprint density at radius 1 is 0.905 bits per heavy atom. The lowest BCUT2D eigenvalue weighted by Crippen LogP contribution is -2.01. The number of nitro benzene ring substituents is 1. The van der Waals surface area contributed by atoms with E-state index < -0.39 is 4.92 Å². The molecular weight excluding hydrogens is 266 g/mol. The maximum atomic E-state index is 11.2. The molecular formula is C16H13N3O2. The molecule has 104 valence electrons. The summed E-state index contributed by atoms with van der Waals surface area (Å²) in [5, 5.41) is 16.4. The molecule has 0 aliphatic carbocycles. The first-order valence-electron chi connectivity index (χ1n) is 6.44. The van der Waals surface area contributed by atoms with Crippen LogP contribution in [0.4, 0.5) is 22.7 Å². The number of rotatable bonds is 3. The summed E-state index contributed by atoms with van der Waals surface area (Å²) in [5.74, 6) is 0. The third-order valence-electron chi connectivity index (χ3n) is 3.31. The van der Waals surface area contributed by atoms with E-state index in [-0.39, 0.29) is 11.4 Å². The molecule has 3 rings (SSSR count). The number of fused-ring (bicyclic) bond motifs is 1. The number of hydrogen-bond donors (Lipinski definition) is 2. The van der Waals surface area contributed by atoms with Gasteiger partial charge in [-0.15, -0.1) is 0 Å². The van der Waals surface area contributed by atoms with E-state index in [0.29, 0.717) is 5.69 Å². The summed E-state index contributed by atoms with van der Waals surface area (Å²) in [6, 6.07) is 18.5. The summed E-state index contributed by atoms with van der Waals surface area (Å²) in [4.78, 5) is 10.7. The van der Waals surface area contributed by atoms with E-state index in [9.17, 15) is 10.1 Å². The molecule has 0 spiro atoms. The predicted molar refractivity (Wildman–Crippen MR) is 84.7 cm³/mol. The van der Waals surface area contributed by atoms with Crippen molar-refractivity contribution in [3.05, 3.63) is 70.8 Å². The van der Waals surface area contributed by atoms with Crippen LogP contribution < -0.4 is 11.1 Å². The minimum atomic E-state index is -0.469. The average molecular weight is 279 g/mol. The SMILES string of the molecule is Nc1cccc(Nc2cccc3ccccc23)c1[N+](=O)[O-]. The van der Waals surface area contributed by atoms with Crippen LogP contribution in [0.5, 0.6) is 0 Å². The molecule has 0 heterocycles. The van der Waals surface area contributed by atoms with Crippen molar-refractivity contribution in [2.24, 2.45) is 0 Å². The van der Waals surface area contributed by atoms with Crippen molar-refractivity contribution in [1.29, 1.82) is 0 Å². The summed E-state index contributed by atoms with van der Waals surface area (Å²) in [5.41, 5.74) is 6.94. The summed E-state index contributed by atoms with van der Waals surface area (Å²) in [6.45, 7) is 0. The Morgan fingerprint density at radius 2 is 1.57 bits per heavy atom. The van der Waals surface area contributed by atoms with E-state index in [2.05, 4.69) is 5.32 Å². The highest BCUT2D eigenvalue weighted by molar-refractivity contribution is 5.96. The Balaban J connectivity index is 2.12. The van der Waals surface area contributed by atoms with Crippen molar-refractivity contribution in [3.8, 4) is 0 Å².